The zero-order chi connectivity index (χ0) is 25.1. The highest BCUT2D eigenvalue weighted by atomic mass is 16.5. The molecule has 8 nitrogen and oxygen atoms in total. The van der Waals surface area contributed by atoms with Crippen molar-refractivity contribution in [2.24, 2.45) is 16.1 Å². The van der Waals surface area contributed by atoms with E-state index in [1.807, 2.05) is 13.0 Å². The quantitative estimate of drug-likeness (QED) is 0.290. The molecule has 8 heteroatoms. The Bertz CT molecular complexity index is 1100. The van der Waals surface area contributed by atoms with Crippen molar-refractivity contribution in [2.75, 3.05) is 6.61 Å². The number of benzene rings is 1. The smallest absolute Gasteiger partial charge is 0.338 e. The minimum absolute atomic E-state index is 0.0646. The van der Waals surface area contributed by atoms with E-state index >= 15 is 0 Å². The summed E-state index contributed by atoms with van der Waals surface area (Å²) in [5.41, 5.74) is 0.625. The molecule has 0 fully saturated rings. The molecule has 0 radical (unpaired) electrons. The Balaban J connectivity index is 2.18. The van der Waals surface area contributed by atoms with E-state index in [1.54, 1.807) is 31.2 Å². The third-order valence-corrected chi connectivity index (χ3v) is 5.87. The minimum atomic E-state index is -0.534. The lowest BCUT2D eigenvalue weighted by Crippen LogP contribution is -2.23. The second-order valence-corrected chi connectivity index (χ2v) is 8.36. The van der Waals surface area contributed by atoms with Crippen molar-refractivity contribution >= 4 is 17.3 Å². The maximum Gasteiger partial charge on any atom is 0.338 e. The van der Waals surface area contributed by atoms with Crippen LogP contribution >= 0.6 is 0 Å². The Morgan fingerprint density at radius 2 is 1.82 bits per heavy atom. The van der Waals surface area contributed by atoms with Crippen LogP contribution < -0.4 is 5.56 Å². The maximum atomic E-state index is 12.5. The molecular formula is C26H34N4O4. The van der Waals surface area contributed by atoms with Gasteiger partial charge in [-0.2, -0.15) is 10.4 Å². The van der Waals surface area contributed by atoms with Gasteiger partial charge in [0.2, 0.25) is 5.88 Å². The molecule has 1 aromatic heterocycles. The Labute approximate surface area is 200 Å². The van der Waals surface area contributed by atoms with Gasteiger partial charge < -0.3 is 9.84 Å². The molecule has 34 heavy (non-hydrogen) atoms. The summed E-state index contributed by atoms with van der Waals surface area (Å²) in [7, 11) is 0. The van der Waals surface area contributed by atoms with E-state index in [9.17, 15) is 20.0 Å². The van der Waals surface area contributed by atoms with Crippen molar-refractivity contribution in [3.8, 4) is 11.9 Å². The summed E-state index contributed by atoms with van der Waals surface area (Å²) >= 11 is 0. The average molecular weight is 467 g/mol. The average Bonchev–Trinajstić information content (AvgIpc) is 2.84. The van der Waals surface area contributed by atoms with E-state index in [4.69, 9.17) is 4.74 Å². The number of nitriles is 1. The summed E-state index contributed by atoms with van der Waals surface area (Å²) in [6, 6.07) is 8.37. The first-order chi connectivity index (χ1) is 16.4. The van der Waals surface area contributed by atoms with Gasteiger partial charge in [0.1, 0.15) is 11.6 Å². The van der Waals surface area contributed by atoms with Crippen LogP contribution in [0.2, 0.25) is 0 Å². The van der Waals surface area contributed by atoms with E-state index in [0.29, 0.717) is 30.2 Å². The minimum Gasteiger partial charge on any atom is -0.493 e. The predicted octanol–water partition coefficient (Wildman–Crippen LogP) is 6.32. The maximum absolute atomic E-state index is 12.5. The molecule has 1 atom stereocenters. The van der Waals surface area contributed by atoms with E-state index in [1.165, 1.54) is 0 Å². The molecule has 2 aromatic rings. The van der Waals surface area contributed by atoms with Gasteiger partial charge in [0.25, 0.3) is 5.56 Å². The number of azo groups is 1. The van der Waals surface area contributed by atoms with Gasteiger partial charge >= 0.3 is 5.97 Å². The van der Waals surface area contributed by atoms with E-state index in [2.05, 4.69) is 24.1 Å². The molecule has 0 bridgehead atoms. The first kappa shape index (κ1) is 26.8. The molecule has 0 aliphatic heterocycles. The molecule has 1 aromatic carbocycles. The Morgan fingerprint density at radius 1 is 1.15 bits per heavy atom. The lowest BCUT2D eigenvalue weighted by molar-refractivity contribution is 0.0428. The van der Waals surface area contributed by atoms with Crippen molar-refractivity contribution in [3.05, 3.63) is 51.3 Å². The first-order valence-electron chi connectivity index (χ1n) is 11.9. The number of aromatic nitrogens is 1. The second kappa shape index (κ2) is 13.3. The van der Waals surface area contributed by atoms with Gasteiger partial charge in [0.15, 0.2) is 5.69 Å². The lowest BCUT2D eigenvalue weighted by Gasteiger charge is -2.14. The number of rotatable bonds is 12. The molecule has 0 saturated heterocycles. The summed E-state index contributed by atoms with van der Waals surface area (Å²) in [5, 5.41) is 28.3. The molecule has 2 rings (SSSR count). The number of pyridine rings is 1. The van der Waals surface area contributed by atoms with Gasteiger partial charge in [0, 0.05) is 12.1 Å². The number of carbonyl (C=O) groups excluding carboxylic acids is 1. The summed E-state index contributed by atoms with van der Waals surface area (Å²) < 4.78 is 6.63. The van der Waals surface area contributed by atoms with E-state index in [-0.39, 0.29) is 35.2 Å². The number of hydrogen-bond donors (Lipinski definition) is 1. The van der Waals surface area contributed by atoms with Crippen LogP contribution in [-0.2, 0) is 11.3 Å². The molecule has 0 aliphatic carbocycles. The van der Waals surface area contributed by atoms with Crippen LogP contribution in [0.25, 0.3) is 0 Å². The van der Waals surface area contributed by atoms with Gasteiger partial charge in [-0.3, -0.25) is 9.36 Å². The fourth-order valence-corrected chi connectivity index (χ4v) is 3.53. The monoisotopic (exact) mass is 466 g/mol. The zero-order valence-electron chi connectivity index (χ0n) is 20.5. The first-order valence-corrected chi connectivity index (χ1v) is 11.9. The summed E-state index contributed by atoms with van der Waals surface area (Å²) in [6.45, 7) is 8.46. The Hall–Kier alpha value is -3.47. The molecule has 1 heterocycles. The van der Waals surface area contributed by atoms with Crippen molar-refractivity contribution in [1.29, 1.82) is 5.26 Å². The molecule has 0 amide bonds. The SMILES string of the molecule is CCCCC(CC)COC(=O)c1ccc(/N=N/c2c(C)c(C#N)c(=O)n(CCCC)c2O)cc1. The number of esters is 1. The third kappa shape index (κ3) is 6.77. The van der Waals surface area contributed by atoms with Crippen molar-refractivity contribution in [2.45, 2.75) is 72.8 Å². The number of ether oxygens (including phenoxy) is 1. The van der Waals surface area contributed by atoms with E-state index in [0.717, 1.165) is 36.7 Å². The largest absolute Gasteiger partial charge is 0.493 e. The number of carbonyl (C=O) groups is 1. The van der Waals surface area contributed by atoms with Crippen LogP contribution in [0.1, 0.15) is 80.8 Å². The van der Waals surface area contributed by atoms with Crippen molar-refractivity contribution in [1.82, 2.24) is 4.57 Å². The Morgan fingerprint density at radius 3 is 2.41 bits per heavy atom. The highest BCUT2D eigenvalue weighted by Crippen LogP contribution is 2.32. The zero-order valence-corrected chi connectivity index (χ0v) is 20.5. The van der Waals surface area contributed by atoms with Gasteiger partial charge in [0.05, 0.1) is 17.9 Å². The van der Waals surface area contributed by atoms with Crippen molar-refractivity contribution in [3.63, 3.8) is 0 Å². The Kier molecular flexibility index (Phi) is 10.5. The number of aromatic hydroxyl groups is 1. The summed E-state index contributed by atoms with van der Waals surface area (Å²) in [5.74, 6) is -0.326. The van der Waals surface area contributed by atoms with Crippen LogP contribution in [0.15, 0.2) is 39.3 Å². The van der Waals surface area contributed by atoms with Gasteiger partial charge in [-0.1, -0.05) is 46.5 Å². The molecule has 0 spiro atoms. The van der Waals surface area contributed by atoms with Crippen molar-refractivity contribution < 1.29 is 14.6 Å². The predicted molar refractivity (Wildman–Crippen MR) is 131 cm³/mol. The van der Waals surface area contributed by atoms with Gasteiger partial charge in [-0.15, -0.1) is 5.11 Å². The summed E-state index contributed by atoms with van der Waals surface area (Å²) in [6.07, 6.45) is 5.76. The second-order valence-electron chi connectivity index (χ2n) is 8.36. The lowest BCUT2D eigenvalue weighted by atomic mass is 10.0. The summed E-state index contributed by atoms with van der Waals surface area (Å²) in [4.78, 5) is 24.9. The molecular weight excluding hydrogens is 432 g/mol. The fraction of sp³-hybridized carbons (Fsp3) is 0.500. The van der Waals surface area contributed by atoms with Crippen LogP contribution in [-0.4, -0.2) is 22.2 Å². The number of nitrogens with zero attached hydrogens (tertiary/aromatic N) is 4. The molecule has 0 aliphatic rings. The highest BCUT2D eigenvalue weighted by molar-refractivity contribution is 5.89. The van der Waals surface area contributed by atoms with Crippen LogP contribution in [0.3, 0.4) is 0 Å². The number of unbranched alkanes of at least 4 members (excludes halogenated alkanes) is 2. The van der Waals surface area contributed by atoms with Crippen LogP contribution in [0, 0.1) is 24.2 Å². The van der Waals surface area contributed by atoms with Gasteiger partial charge in [-0.05, 0) is 49.9 Å². The molecule has 0 saturated carbocycles. The van der Waals surface area contributed by atoms with Crippen LogP contribution in [0.4, 0.5) is 11.4 Å². The van der Waals surface area contributed by atoms with Gasteiger partial charge in [-0.25, -0.2) is 4.79 Å². The normalized spacial score (nSPS) is 12.0. The molecule has 1 N–H and O–H groups in total. The topological polar surface area (TPSA) is 117 Å². The standard InChI is InChI=1S/C26H34N4O4/c1-5-8-10-19(7-3)17-34-26(33)20-11-13-21(14-12-20)28-29-23-18(4)22(16-27)24(31)30(25(23)32)15-9-6-2/h11-14,19,32H,5-10,15,17H2,1-4H3/b29-28+. The fourth-order valence-electron chi connectivity index (χ4n) is 3.53. The van der Waals surface area contributed by atoms with Crippen LogP contribution in [0.5, 0.6) is 5.88 Å². The highest BCUT2D eigenvalue weighted by Gasteiger charge is 2.19. The third-order valence-electron chi connectivity index (χ3n) is 5.87. The van der Waals surface area contributed by atoms with E-state index < -0.39 is 5.56 Å². The number of hydrogen-bond acceptors (Lipinski definition) is 7. The molecule has 182 valence electrons. The molecule has 1 unspecified atom stereocenters.